The molecule has 0 saturated heterocycles. The zero-order valence-electron chi connectivity index (χ0n) is 13.8. The SMILES string of the molecule is Cc1cc(-c2ncn(/C=C(\C(=O)O)c3cncnc3)n2)cc(C(F)(F)F)c1. The summed E-state index contributed by atoms with van der Waals surface area (Å²) in [6.07, 6.45) is 1.79. The average molecular weight is 375 g/mol. The number of hydrogen-bond acceptors (Lipinski definition) is 5. The van der Waals surface area contributed by atoms with Crippen LogP contribution >= 0.6 is 0 Å². The number of carboxylic acids is 1. The molecule has 0 radical (unpaired) electrons. The van der Waals surface area contributed by atoms with Crippen molar-refractivity contribution in [1.29, 1.82) is 0 Å². The number of carboxylic acid groups (broad SMARTS) is 1. The summed E-state index contributed by atoms with van der Waals surface area (Å²) in [5, 5.41) is 13.4. The molecule has 0 unspecified atom stereocenters. The van der Waals surface area contributed by atoms with E-state index in [1.54, 1.807) is 0 Å². The van der Waals surface area contributed by atoms with Crippen LogP contribution in [-0.4, -0.2) is 35.8 Å². The van der Waals surface area contributed by atoms with Gasteiger partial charge in [0.05, 0.1) is 11.1 Å². The third kappa shape index (κ3) is 4.17. The van der Waals surface area contributed by atoms with Crippen LogP contribution in [0.1, 0.15) is 16.7 Å². The molecular formula is C17H12F3N5O2. The molecule has 0 bridgehead atoms. The molecule has 1 N–H and O–H groups in total. The molecule has 0 aliphatic rings. The Labute approximate surface area is 150 Å². The third-order valence-electron chi connectivity index (χ3n) is 3.53. The van der Waals surface area contributed by atoms with Crippen LogP contribution in [0.5, 0.6) is 0 Å². The second-order valence-corrected chi connectivity index (χ2v) is 5.61. The van der Waals surface area contributed by atoms with Crippen LogP contribution in [0.25, 0.3) is 23.2 Å². The van der Waals surface area contributed by atoms with E-state index in [1.165, 1.54) is 44.2 Å². The maximum atomic E-state index is 13.0. The summed E-state index contributed by atoms with van der Waals surface area (Å²) in [5.74, 6) is -1.20. The first-order chi connectivity index (χ1) is 12.7. The van der Waals surface area contributed by atoms with Gasteiger partial charge in [0, 0.05) is 29.7 Å². The molecule has 0 spiro atoms. The Morgan fingerprint density at radius 2 is 1.89 bits per heavy atom. The number of nitrogens with zero attached hydrogens (tertiary/aromatic N) is 5. The fraction of sp³-hybridized carbons (Fsp3) is 0.118. The van der Waals surface area contributed by atoms with E-state index in [9.17, 15) is 23.1 Å². The first-order valence-electron chi connectivity index (χ1n) is 7.55. The first kappa shape index (κ1) is 18.2. The normalized spacial score (nSPS) is 12.2. The summed E-state index contributed by atoms with van der Waals surface area (Å²) in [5.41, 5.74) is -0.130. The highest BCUT2D eigenvalue weighted by atomic mass is 19.4. The zero-order chi connectivity index (χ0) is 19.6. The summed E-state index contributed by atoms with van der Waals surface area (Å²) >= 11 is 0. The highest BCUT2D eigenvalue weighted by Crippen LogP contribution is 2.32. The number of halogens is 3. The van der Waals surface area contributed by atoms with Gasteiger partial charge in [-0.25, -0.2) is 24.4 Å². The third-order valence-corrected chi connectivity index (χ3v) is 3.53. The quantitative estimate of drug-likeness (QED) is 0.704. The fourth-order valence-electron chi connectivity index (χ4n) is 2.37. The minimum atomic E-state index is -4.49. The van der Waals surface area contributed by atoms with Crippen LogP contribution in [-0.2, 0) is 11.0 Å². The number of rotatable bonds is 4. The van der Waals surface area contributed by atoms with Gasteiger partial charge in [-0.2, -0.15) is 13.2 Å². The maximum absolute atomic E-state index is 13.0. The van der Waals surface area contributed by atoms with Gasteiger partial charge in [0.1, 0.15) is 12.7 Å². The van der Waals surface area contributed by atoms with Crippen LogP contribution in [0.2, 0.25) is 0 Å². The minimum absolute atomic E-state index is 0.0366. The summed E-state index contributed by atoms with van der Waals surface area (Å²) in [4.78, 5) is 23.0. The number of aromatic nitrogens is 5. The van der Waals surface area contributed by atoms with Crippen LogP contribution in [0, 0.1) is 6.92 Å². The van der Waals surface area contributed by atoms with Crippen molar-refractivity contribution in [3.63, 3.8) is 0 Å². The Morgan fingerprint density at radius 3 is 2.52 bits per heavy atom. The Morgan fingerprint density at radius 1 is 1.19 bits per heavy atom. The second-order valence-electron chi connectivity index (χ2n) is 5.61. The smallest absolute Gasteiger partial charge is 0.416 e. The Hall–Kier alpha value is -3.56. The van der Waals surface area contributed by atoms with Crippen LogP contribution in [0.4, 0.5) is 13.2 Å². The standard InChI is InChI=1S/C17H12F3N5O2/c1-10-2-11(4-13(3-10)17(18,19)20)15-23-9-25(24-15)7-14(16(26)27)12-5-21-8-22-6-12/h2-9H,1H3,(H,26,27)/b14-7-. The second kappa shape index (κ2) is 6.98. The summed E-state index contributed by atoms with van der Waals surface area (Å²) in [6, 6.07) is 3.49. The van der Waals surface area contributed by atoms with Gasteiger partial charge in [-0.05, 0) is 30.7 Å². The zero-order valence-corrected chi connectivity index (χ0v) is 13.8. The van der Waals surface area contributed by atoms with Gasteiger partial charge in [0.15, 0.2) is 5.82 Å². The Bertz CT molecular complexity index is 1010. The van der Waals surface area contributed by atoms with Crippen molar-refractivity contribution in [3.05, 3.63) is 59.9 Å². The van der Waals surface area contributed by atoms with Crippen molar-refractivity contribution >= 4 is 17.7 Å². The number of alkyl halides is 3. The number of carbonyl (C=O) groups is 1. The molecule has 7 nitrogen and oxygen atoms in total. The largest absolute Gasteiger partial charge is 0.478 e. The van der Waals surface area contributed by atoms with Crippen molar-refractivity contribution in [2.75, 3.05) is 0 Å². The van der Waals surface area contributed by atoms with Crippen LogP contribution < -0.4 is 0 Å². The van der Waals surface area contributed by atoms with Crippen LogP contribution in [0.15, 0.2) is 43.2 Å². The van der Waals surface area contributed by atoms with Gasteiger partial charge >= 0.3 is 12.1 Å². The summed E-state index contributed by atoms with van der Waals surface area (Å²) in [7, 11) is 0. The molecule has 2 aromatic heterocycles. The molecular weight excluding hydrogens is 363 g/mol. The lowest BCUT2D eigenvalue weighted by Gasteiger charge is -2.09. The van der Waals surface area contributed by atoms with Gasteiger partial charge in [0.25, 0.3) is 0 Å². The van der Waals surface area contributed by atoms with E-state index in [-0.39, 0.29) is 22.5 Å². The minimum Gasteiger partial charge on any atom is -0.478 e. The lowest BCUT2D eigenvalue weighted by molar-refractivity contribution is -0.137. The van der Waals surface area contributed by atoms with Gasteiger partial charge in [-0.3, -0.25) is 0 Å². The molecule has 0 atom stereocenters. The van der Waals surface area contributed by atoms with E-state index in [0.717, 1.165) is 16.8 Å². The first-order valence-corrected chi connectivity index (χ1v) is 7.55. The summed E-state index contributed by atoms with van der Waals surface area (Å²) < 4.78 is 40.1. The summed E-state index contributed by atoms with van der Waals surface area (Å²) in [6.45, 7) is 1.54. The molecule has 0 amide bonds. The molecule has 0 aliphatic carbocycles. The van der Waals surface area contributed by atoms with Gasteiger partial charge in [-0.1, -0.05) is 0 Å². The van der Waals surface area contributed by atoms with Gasteiger partial charge < -0.3 is 5.11 Å². The number of aliphatic carboxylic acids is 1. The van der Waals surface area contributed by atoms with E-state index >= 15 is 0 Å². The molecule has 0 aliphatic heterocycles. The van der Waals surface area contributed by atoms with Crippen molar-refractivity contribution in [2.45, 2.75) is 13.1 Å². The predicted molar refractivity (Wildman–Crippen MR) is 89.0 cm³/mol. The average Bonchev–Trinajstić information content (AvgIpc) is 3.08. The van der Waals surface area contributed by atoms with Crippen molar-refractivity contribution < 1.29 is 23.1 Å². The topological polar surface area (TPSA) is 93.8 Å². The predicted octanol–water partition coefficient (Wildman–Crippen LogP) is 3.15. The molecule has 0 saturated carbocycles. The number of aryl methyl sites for hydroxylation is 1. The van der Waals surface area contributed by atoms with Gasteiger partial charge in [0.2, 0.25) is 0 Å². The van der Waals surface area contributed by atoms with E-state index in [4.69, 9.17) is 0 Å². The Balaban J connectivity index is 2.00. The highest BCUT2D eigenvalue weighted by Gasteiger charge is 2.31. The number of hydrogen-bond donors (Lipinski definition) is 1. The molecule has 138 valence electrons. The Kier molecular flexibility index (Phi) is 4.72. The highest BCUT2D eigenvalue weighted by molar-refractivity contribution is 6.18. The van der Waals surface area contributed by atoms with Crippen LogP contribution in [0.3, 0.4) is 0 Å². The van der Waals surface area contributed by atoms with E-state index < -0.39 is 17.7 Å². The molecule has 10 heteroatoms. The van der Waals surface area contributed by atoms with Crippen molar-refractivity contribution in [3.8, 4) is 11.4 Å². The van der Waals surface area contributed by atoms with Gasteiger partial charge in [-0.15, -0.1) is 5.10 Å². The molecule has 3 aromatic rings. The molecule has 0 fully saturated rings. The van der Waals surface area contributed by atoms with E-state index in [2.05, 4.69) is 20.1 Å². The maximum Gasteiger partial charge on any atom is 0.416 e. The molecule has 3 rings (SSSR count). The fourth-order valence-corrected chi connectivity index (χ4v) is 2.37. The lowest BCUT2D eigenvalue weighted by Crippen LogP contribution is -2.05. The lowest BCUT2D eigenvalue weighted by atomic mass is 10.1. The number of benzene rings is 1. The van der Waals surface area contributed by atoms with E-state index in [1.807, 2.05) is 0 Å². The molecule has 2 heterocycles. The van der Waals surface area contributed by atoms with Crippen molar-refractivity contribution in [1.82, 2.24) is 24.7 Å². The monoisotopic (exact) mass is 375 g/mol. The van der Waals surface area contributed by atoms with E-state index in [0.29, 0.717) is 5.56 Å². The molecule has 27 heavy (non-hydrogen) atoms. The van der Waals surface area contributed by atoms with Crippen molar-refractivity contribution in [2.24, 2.45) is 0 Å². The molecule has 1 aromatic carbocycles.